The van der Waals surface area contributed by atoms with E-state index < -0.39 is 11.6 Å². The number of likely N-dealkylation sites (tertiary alicyclic amines) is 1. The predicted molar refractivity (Wildman–Crippen MR) is 88.7 cm³/mol. The molecule has 0 aromatic carbocycles. The first-order valence-corrected chi connectivity index (χ1v) is 8.55. The second-order valence-corrected chi connectivity index (χ2v) is 7.98. The van der Waals surface area contributed by atoms with Gasteiger partial charge in [0.1, 0.15) is 5.60 Å². The molecule has 1 saturated heterocycles. The molecule has 0 spiro atoms. The molecule has 2 rings (SSSR count). The van der Waals surface area contributed by atoms with Gasteiger partial charge in [0.15, 0.2) is 0 Å². The van der Waals surface area contributed by atoms with Crippen molar-refractivity contribution in [3.63, 3.8) is 0 Å². The van der Waals surface area contributed by atoms with Crippen molar-refractivity contribution >= 4 is 23.4 Å². The fourth-order valence-corrected chi connectivity index (χ4v) is 3.39. The number of carbonyl (C=O) groups is 2. The Morgan fingerprint density at radius 1 is 1.39 bits per heavy atom. The second-order valence-electron chi connectivity index (χ2n) is 6.73. The molecule has 0 bridgehead atoms. The van der Waals surface area contributed by atoms with Gasteiger partial charge < -0.3 is 20.1 Å². The van der Waals surface area contributed by atoms with Crippen molar-refractivity contribution in [2.75, 3.05) is 13.1 Å². The highest BCUT2D eigenvalue weighted by atomic mass is 32.1. The van der Waals surface area contributed by atoms with Crippen molar-refractivity contribution in [3.8, 4) is 0 Å². The van der Waals surface area contributed by atoms with Crippen LogP contribution in [-0.4, -0.2) is 46.8 Å². The molecular weight excluding hydrogens is 316 g/mol. The number of carbonyl (C=O) groups excluding carboxylic acids is 1. The summed E-state index contributed by atoms with van der Waals surface area (Å²) in [7, 11) is 0. The molecule has 7 heteroatoms. The number of nitrogens with zero attached hydrogens (tertiary/aromatic N) is 1. The average molecular weight is 340 g/mol. The van der Waals surface area contributed by atoms with Gasteiger partial charge in [-0.2, -0.15) is 0 Å². The zero-order valence-electron chi connectivity index (χ0n) is 13.8. The van der Waals surface area contributed by atoms with Crippen LogP contribution in [0.1, 0.15) is 36.9 Å². The van der Waals surface area contributed by atoms with Gasteiger partial charge in [0.05, 0.1) is 6.42 Å². The van der Waals surface area contributed by atoms with Gasteiger partial charge in [-0.1, -0.05) is 0 Å². The Labute approximate surface area is 140 Å². The molecule has 1 atom stereocenters. The van der Waals surface area contributed by atoms with Gasteiger partial charge in [-0.15, -0.1) is 11.3 Å². The van der Waals surface area contributed by atoms with Gasteiger partial charge in [0.2, 0.25) is 0 Å². The molecule has 128 valence electrons. The van der Waals surface area contributed by atoms with Crippen molar-refractivity contribution in [1.82, 2.24) is 10.2 Å². The van der Waals surface area contributed by atoms with Gasteiger partial charge in [0.25, 0.3) is 0 Å². The van der Waals surface area contributed by atoms with E-state index in [1.54, 1.807) is 4.90 Å². The van der Waals surface area contributed by atoms with E-state index in [0.29, 0.717) is 19.6 Å². The number of hydrogen-bond acceptors (Lipinski definition) is 5. The lowest BCUT2D eigenvalue weighted by Crippen LogP contribution is -2.38. The fourth-order valence-electron chi connectivity index (χ4n) is 2.43. The number of nitrogens with one attached hydrogen (secondary N) is 1. The number of aliphatic carboxylic acids is 1. The maximum atomic E-state index is 12.0. The maximum absolute atomic E-state index is 12.0. The number of rotatable bonds is 5. The van der Waals surface area contributed by atoms with E-state index in [1.165, 1.54) is 11.3 Å². The normalized spacial score (nSPS) is 18.2. The Hall–Kier alpha value is -1.60. The van der Waals surface area contributed by atoms with E-state index in [9.17, 15) is 9.59 Å². The van der Waals surface area contributed by atoms with Crippen LogP contribution in [0.4, 0.5) is 4.79 Å². The minimum atomic E-state index is -0.810. The zero-order chi connectivity index (χ0) is 17.0. The van der Waals surface area contributed by atoms with Crippen LogP contribution in [0.3, 0.4) is 0 Å². The van der Waals surface area contributed by atoms with Crippen LogP contribution >= 0.6 is 11.3 Å². The standard InChI is InChI=1S/C16H24N2O4S/c1-16(2,3)22-15(21)18-7-6-11(10-18)17-9-13-5-4-12(23-13)8-14(19)20/h4-5,11,17H,6-10H2,1-3H3,(H,19,20). The lowest BCUT2D eigenvalue weighted by Gasteiger charge is -2.24. The summed E-state index contributed by atoms with van der Waals surface area (Å²) in [5, 5.41) is 12.2. The molecule has 1 aliphatic rings. The summed E-state index contributed by atoms with van der Waals surface area (Å²) >= 11 is 1.51. The van der Waals surface area contributed by atoms with Gasteiger partial charge >= 0.3 is 12.1 Å². The molecule has 2 heterocycles. The van der Waals surface area contributed by atoms with Gasteiger partial charge in [-0.3, -0.25) is 4.79 Å². The summed E-state index contributed by atoms with van der Waals surface area (Å²) in [6.45, 7) is 7.62. The highest BCUT2D eigenvalue weighted by Gasteiger charge is 2.29. The predicted octanol–water partition coefficient (Wildman–Crippen LogP) is 2.47. The summed E-state index contributed by atoms with van der Waals surface area (Å²) in [6, 6.07) is 4.06. The first-order valence-electron chi connectivity index (χ1n) is 7.73. The van der Waals surface area contributed by atoms with Crippen LogP contribution in [0.2, 0.25) is 0 Å². The van der Waals surface area contributed by atoms with Crippen molar-refractivity contribution in [2.45, 2.75) is 51.8 Å². The Bertz CT molecular complexity index is 565. The van der Waals surface area contributed by atoms with Crippen LogP contribution in [0.25, 0.3) is 0 Å². The number of ether oxygens (including phenoxy) is 1. The van der Waals surface area contributed by atoms with E-state index in [2.05, 4.69) is 5.32 Å². The number of amides is 1. The number of thiophene rings is 1. The van der Waals surface area contributed by atoms with Crippen molar-refractivity contribution in [2.24, 2.45) is 0 Å². The monoisotopic (exact) mass is 340 g/mol. The number of carboxylic acids is 1. The van der Waals surface area contributed by atoms with E-state index in [4.69, 9.17) is 9.84 Å². The van der Waals surface area contributed by atoms with Gasteiger partial charge in [0, 0.05) is 35.4 Å². The quantitative estimate of drug-likeness (QED) is 0.861. The molecule has 6 nitrogen and oxygen atoms in total. The molecule has 1 aromatic rings. The van der Waals surface area contributed by atoms with Crippen molar-refractivity contribution < 1.29 is 19.4 Å². The third kappa shape index (κ3) is 5.84. The molecule has 0 saturated carbocycles. The van der Waals surface area contributed by atoms with E-state index in [1.807, 2.05) is 32.9 Å². The molecule has 1 aliphatic heterocycles. The van der Waals surface area contributed by atoms with Gasteiger partial charge in [-0.05, 0) is 39.3 Å². The van der Waals surface area contributed by atoms with Gasteiger partial charge in [-0.25, -0.2) is 4.79 Å². The topological polar surface area (TPSA) is 78.9 Å². The Kier molecular flexibility index (Phi) is 5.64. The Balaban J connectivity index is 1.76. The van der Waals surface area contributed by atoms with E-state index in [-0.39, 0.29) is 18.6 Å². The molecule has 2 N–H and O–H groups in total. The minimum absolute atomic E-state index is 0.0700. The molecule has 0 aliphatic carbocycles. The summed E-state index contributed by atoms with van der Waals surface area (Å²) in [5.74, 6) is -0.810. The SMILES string of the molecule is CC(C)(C)OC(=O)N1CCC(NCc2ccc(CC(=O)O)s2)C1. The highest BCUT2D eigenvalue weighted by Crippen LogP contribution is 2.19. The first-order chi connectivity index (χ1) is 10.7. The largest absolute Gasteiger partial charge is 0.481 e. The average Bonchev–Trinajstić information content (AvgIpc) is 3.02. The molecule has 1 fully saturated rings. The summed E-state index contributed by atoms with van der Waals surface area (Å²) < 4.78 is 5.38. The van der Waals surface area contributed by atoms with Crippen LogP contribution < -0.4 is 5.32 Å². The first kappa shape index (κ1) is 17.7. The molecule has 23 heavy (non-hydrogen) atoms. The van der Waals surface area contributed by atoms with Crippen LogP contribution in [0, 0.1) is 0 Å². The number of hydrogen-bond donors (Lipinski definition) is 2. The Morgan fingerprint density at radius 2 is 2.09 bits per heavy atom. The minimum Gasteiger partial charge on any atom is -0.481 e. The maximum Gasteiger partial charge on any atom is 0.410 e. The molecule has 1 amide bonds. The summed E-state index contributed by atoms with van der Waals surface area (Å²) in [6.07, 6.45) is 0.703. The van der Waals surface area contributed by atoms with Crippen LogP contribution in [0.5, 0.6) is 0 Å². The summed E-state index contributed by atoms with van der Waals surface area (Å²) in [5.41, 5.74) is -0.472. The van der Waals surface area contributed by atoms with Crippen molar-refractivity contribution in [1.29, 1.82) is 0 Å². The Morgan fingerprint density at radius 3 is 2.74 bits per heavy atom. The lowest BCUT2D eigenvalue weighted by atomic mass is 10.2. The highest BCUT2D eigenvalue weighted by molar-refractivity contribution is 7.12. The van der Waals surface area contributed by atoms with E-state index in [0.717, 1.165) is 16.2 Å². The smallest absolute Gasteiger partial charge is 0.410 e. The third-order valence-electron chi connectivity index (χ3n) is 3.45. The summed E-state index contributed by atoms with van der Waals surface area (Å²) in [4.78, 5) is 26.4. The lowest BCUT2D eigenvalue weighted by molar-refractivity contribution is -0.136. The zero-order valence-corrected chi connectivity index (χ0v) is 14.6. The molecular formula is C16H24N2O4S. The van der Waals surface area contributed by atoms with Crippen LogP contribution in [-0.2, 0) is 22.5 Å². The van der Waals surface area contributed by atoms with E-state index >= 15 is 0 Å². The second kappa shape index (κ2) is 7.31. The third-order valence-corrected chi connectivity index (χ3v) is 4.53. The molecule has 1 unspecified atom stereocenters. The van der Waals surface area contributed by atoms with Crippen LogP contribution in [0.15, 0.2) is 12.1 Å². The molecule has 0 radical (unpaired) electrons. The molecule has 1 aromatic heterocycles. The van der Waals surface area contributed by atoms with Crippen molar-refractivity contribution in [3.05, 3.63) is 21.9 Å². The number of carboxylic acid groups (broad SMARTS) is 1. The fraction of sp³-hybridized carbons (Fsp3) is 0.625.